The maximum absolute atomic E-state index is 12.6. The summed E-state index contributed by atoms with van der Waals surface area (Å²) < 4.78 is 0.791. The van der Waals surface area contributed by atoms with Crippen molar-refractivity contribution in [1.82, 2.24) is 14.8 Å². The van der Waals surface area contributed by atoms with Gasteiger partial charge in [-0.15, -0.1) is 0 Å². The summed E-state index contributed by atoms with van der Waals surface area (Å²) in [6.45, 7) is 3.77. The fourth-order valence-corrected chi connectivity index (χ4v) is 2.62. The number of rotatable bonds is 4. The molecule has 0 saturated carbocycles. The van der Waals surface area contributed by atoms with Gasteiger partial charge in [0, 0.05) is 50.4 Å². The molecule has 1 amide bonds. The Hall–Kier alpha value is -1.18. The molecular weight excluding hydrogens is 324 g/mol. The van der Waals surface area contributed by atoms with Crippen LogP contribution < -0.4 is 5.32 Å². The third kappa shape index (κ3) is 3.47. The largest absolute Gasteiger partial charge is 0.395 e. The summed E-state index contributed by atoms with van der Waals surface area (Å²) in [5.41, 5.74) is 0.581. The van der Waals surface area contributed by atoms with Gasteiger partial charge in [-0.3, -0.25) is 9.69 Å². The summed E-state index contributed by atoms with van der Waals surface area (Å²) in [7, 11) is 1.76. The molecule has 1 aromatic heterocycles. The number of carbonyl (C=O) groups excluding carboxylic acids is 1. The van der Waals surface area contributed by atoms with Crippen molar-refractivity contribution in [3.8, 4) is 0 Å². The van der Waals surface area contributed by atoms with Crippen LogP contribution in [0.15, 0.2) is 16.7 Å². The van der Waals surface area contributed by atoms with Crippen LogP contribution in [-0.2, 0) is 0 Å². The lowest BCUT2D eigenvalue weighted by Crippen LogP contribution is -2.49. The number of aliphatic hydroxyl groups is 1. The van der Waals surface area contributed by atoms with E-state index in [-0.39, 0.29) is 12.5 Å². The number of piperazine rings is 1. The van der Waals surface area contributed by atoms with E-state index < -0.39 is 0 Å². The Morgan fingerprint density at radius 2 is 2.15 bits per heavy atom. The minimum Gasteiger partial charge on any atom is -0.395 e. The SMILES string of the molecule is CNc1ncc(Br)cc1C(=O)N1CCN(CCO)CC1. The minimum absolute atomic E-state index is 0.00759. The Kier molecular flexibility index (Phi) is 5.33. The third-order valence-corrected chi connectivity index (χ3v) is 3.83. The normalized spacial score (nSPS) is 16.2. The number of aromatic nitrogens is 1. The first-order valence-electron chi connectivity index (χ1n) is 6.61. The highest BCUT2D eigenvalue weighted by Gasteiger charge is 2.24. The molecule has 1 aliphatic heterocycles. The molecule has 2 N–H and O–H groups in total. The molecule has 1 fully saturated rings. The number of nitrogens with zero attached hydrogens (tertiary/aromatic N) is 3. The second-order valence-electron chi connectivity index (χ2n) is 4.66. The Morgan fingerprint density at radius 3 is 2.75 bits per heavy atom. The molecule has 1 saturated heterocycles. The lowest BCUT2D eigenvalue weighted by Gasteiger charge is -2.34. The van der Waals surface area contributed by atoms with Crippen molar-refractivity contribution < 1.29 is 9.90 Å². The first-order valence-corrected chi connectivity index (χ1v) is 7.40. The number of hydrogen-bond donors (Lipinski definition) is 2. The lowest BCUT2D eigenvalue weighted by molar-refractivity contribution is 0.0615. The fourth-order valence-electron chi connectivity index (χ4n) is 2.29. The van der Waals surface area contributed by atoms with Gasteiger partial charge in [-0.1, -0.05) is 0 Å². The van der Waals surface area contributed by atoms with Crippen molar-refractivity contribution >= 4 is 27.7 Å². The topological polar surface area (TPSA) is 68.7 Å². The van der Waals surface area contributed by atoms with E-state index in [1.807, 2.05) is 4.90 Å². The summed E-state index contributed by atoms with van der Waals surface area (Å²) in [6.07, 6.45) is 1.67. The zero-order valence-electron chi connectivity index (χ0n) is 11.5. The maximum Gasteiger partial charge on any atom is 0.257 e. The van der Waals surface area contributed by atoms with Crippen LogP contribution in [0.5, 0.6) is 0 Å². The zero-order valence-corrected chi connectivity index (χ0v) is 13.1. The molecule has 0 atom stereocenters. The Morgan fingerprint density at radius 1 is 1.45 bits per heavy atom. The Labute approximate surface area is 126 Å². The molecule has 110 valence electrons. The first kappa shape index (κ1) is 15.2. The van der Waals surface area contributed by atoms with Gasteiger partial charge in [-0.2, -0.15) is 0 Å². The molecular formula is C13H19BrN4O2. The van der Waals surface area contributed by atoms with Gasteiger partial charge in [-0.05, 0) is 22.0 Å². The summed E-state index contributed by atoms with van der Waals surface area (Å²) in [5, 5.41) is 11.9. The summed E-state index contributed by atoms with van der Waals surface area (Å²) in [6, 6.07) is 1.79. The quantitative estimate of drug-likeness (QED) is 0.840. The molecule has 1 aromatic rings. The van der Waals surface area contributed by atoms with Crippen LogP contribution in [0.2, 0.25) is 0 Å². The van der Waals surface area contributed by atoms with Gasteiger partial charge < -0.3 is 15.3 Å². The summed E-state index contributed by atoms with van der Waals surface area (Å²) >= 11 is 3.35. The van der Waals surface area contributed by atoms with E-state index in [1.54, 1.807) is 19.3 Å². The van der Waals surface area contributed by atoms with Gasteiger partial charge in [0.25, 0.3) is 5.91 Å². The van der Waals surface area contributed by atoms with Crippen LogP contribution in [0.4, 0.5) is 5.82 Å². The zero-order chi connectivity index (χ0) is 14.5. The van der Waals surface area contributed by atoms with Crippen LogP contribution in [0.1, 0.15) is 10.4 Å². The molecule has 0 spiro atoms. The predicted octanol–water partition coefficient (Wildman–Crippen LogP) is 0.636. The number of carbonyl (C=O) groups is 1. The molecule has 2 heterocycles. The standard InChI is InChI=1S/C13H19BrN4O2/c1-15-12-11(8-10(14)9-16-12)13(20)18-4-2-17(3-5-18)6-7-19/h8-9,19H,2-7H2,1H3,(H,15,16). The number of halogens is 1. The van der Waals surface area contributed by atoms with Crippen molar-refractivity contribution in [2.24, 2.45) is 0 Å². The molecule has 6 nitrogen and oxygen atoms in total. The van der Waals surface area contributed by atoms with Crippen LogP contribution >= 0.6 is 15.9 Å². The monoisotopic (exact) mass is 342 g/mol. The van der Waals surface area contributed by atoms with Gasteiger partial charge >= 0.3 is 0 Å². The number of β-amino-alcohol motifs (C(OH)–C–C–N with tert-alkyl or cyclic N) is 1. The second kappa shape index (κ2) is 7.01. The average molecular weight is 343 g/mol. The van der Waals surface area contributed by atoms with Crippen LogP contribution in [-0.4, -0.2) is 72.2 Å². The van der Waals surface area contributed by atoms with Crippen molar-refractivity contribution in [3.05, 3.63) is 22.3 Å². The van der Waals surface area contributed by atoms with Gasteiger partial charge in [0.2, 0.25) is 0 Å². The number of hydrogen-bond acceptors (Lipinski definition) is 5. The van der Waals surface area contributed by atoms with E-state index in [1.165, 1.54) is 0 Å². The van der Waals surface area contributed by atoms with Crippen LogP contribution in [0.25, 0.3) is 0 Å². The number of amides is 1. The molecule has 7 heteroatoms. The summed E-state index contributed by atoms with van der Waals surface area (Å²) in [5.74, 6) is 0.586. The lowest BCUT2D eigenvalue weighted by atomic mass is 10.2. The molecule has 2 rings (SSSR count). The Balaban J connectivity index is 2.07. The number of aliphatic hydroxyl groups excluding tert-OH is 1. The highest BCUT2D eigenvalue weighted by Crippen LogP contribution is 2.20. The molecule has 0 unspecified atom stereocenters. The van der Waals surface area contributed by atoms with Crippen LogP contribution in [0.3, 0.4) is 0 Å². The number of nitrogens with one attached hydrogen (secondary N) is 1. The minimum atomic E-state index is -0.00759. The van der Waals surface area contributed by atoms with Gasteiger partial charge in [-0.25, -0.2) is 4.98 Å². The van der Waals surface area contributed by atoms with E-state index in [9.17, 15) is 4.79 Å². The van der Waals surface area contributed by atoms with E-state index in [2.05, 4.69) is 31.1 Å². The third-order valence-electron chi connectivity index (χ3n) is 3.40. The second-order valence-corrected chi connectivity index (χ2v) is 5.57. The van der Waals surface area contributed by atoms with Gasteiger partial charge in [0.05, 0.1) is 12.2 Å². The van der Waals surface area contributed by atoms with Gasteiger partial charge in [0.1, 0.15) is 5.82 Å². The fraction of sp³-hybridized carbons (Fsp3) is 0.538. The molecule has 0 radical (unpaired) electrons. The molecule has 0 aromatic carbocycles. The highest BCUT2D eigenvalue weighted by atomic mass is 79.9. The molecule has 0 bridgehead atoms. The van der Waals surface area contributed by atoms with E-state index in [4.69, 9.17) is 5.11 Å². The number of pyridine rings is 1. The van der Waals surface area contributed by atoms with Crippen molar-refractivity contribution in [2.75, 3.05) is 51.7 Å². The average Bonchev–Trinajstić information content (AvgIpc) is 2.47. The highest BCUT2D eigenvalue weighted by molar-refractivity contribution is 9.10. The molecule has 1 aliphatic rings. The van der Waals surface area contributed by atoms with Crippen molar-refractivity contribution in [1.29, 1.82) is 0 Å². The smallest absolute Gasteiger partial charge is 0.257 e. The Bertz CT molecular complexity index is 475. The maximum atomic E-state index is 12.6. The molecule has 0 aliphatic carbocycles. The van der Waals surface area contributed by atoms with E-state index in [0.29, 0.717) is 31.0 Å². The van der Waals surface area contributed by atoms with Crippen LogP contribution in [0, 0.1) is 0 Å². The van der Waals surface area contributed by atoms with E-state index >= 15 is 0 Å². The summed E-state index contributed by atoms with van der Waals surface area (Å²) in [4.78, 5) is 20.7. The van der Waals surface area contributed by atoms with Crippen molar-refractivity contribution in [2.45, 2.75) is 0 Å². The van der Waals surface area contributed by atoms with Crippen molar-refractivity contribution in [3.63, 3.8) is 0 Å². The first-order chi connectivity index (χ1) is 9.65. The van der Waals surface area contributed by atoms with E-state index in [0.717, 1.165) is 17.6 Å². The predicted molar refractivity (Wildman–Crippen MR) is 80.9 cm³/mol. The van der Waals surface area contributed by atoms with Gasteiger partial charge in [0.15, 0.2) is 0 Å². The number of anilines is 1. The molecule has 20 heavy (non-hydrogen) atoms.